The van der Waals surface area contributed by atoms with Gasteiger partial charge in [0.2, 0.25) is 0 Å². The topological polar surface area (TPSA) is 29.5 Å². The van der Waals surface area contributed by atoms with Gasteiger partial charge in [-0.1, -0.05) is 32.3 Å². The number of rotatable bonds is 4. The first kappa shape index (κ1) is 16.8. The van der Waals surface area contributed by atoms with Gasteiger partial charge in [-0.2, -0.15) is 0 Å². The van der Waals surface area contributed by atoms with Crippen LogP contribution < -0.4 is 0 Å². The summed E-state index contributed by atoms with van der Waals surface area (Å²) in [5, 5.41) is 10.5. The molecule has 0 aromatic carbocycles. The van der Waals surface area contributed by atoms with Crippen LogP contribution in [-0.4, -0.2) is 16.8 Å². The number of allylic oxidation sites excluding steroid dienone is 1. The summed E-state index contributed by atoms with van der Waals surface area (Å²) < 4.78 is 6.48. The van der Waals surface area contributed by atoms with Gasteiger partial charge in [0.1, 0.15) is 11.9 Å². The third-order valence-corrected chi connectivity index (χ3v) is 5.91. The SMILES string of the molecule is CCCCCC1=CC2OC(C)(C)C3CCC(C)CC3=C2C=C1O. The molecular weight excluding hydrogens is 284 g/mol. The fraction of sp³-hybridized carbons (Fsp3) is 0.714. The molecule has 2 nitrogen and oxygen atoms in total. The Bertz CT molecular complexity index is 550. The summed E-state index contributed by atoms with van der Waals surface area (Å²) in [6.45, 7) is 9.05. The van der Waals surface area contributed by atoms with Crippen LogP contribution in [0.5, 0.6) is 0 Å². The number of fused-ring (bicyclic) bond motifs is 2. The molecule has 2 aliphatic carbocycles. The maximum Gasteiger partial charge on any atom is 0.118 e. The van der Waals surface area contributed by atoms with Gasteiger partial charge in [-0.15, -0.1) is 0 Å². The lowest BCUT2D eigenvalue weighted by Crippen LogP contribution is -2.46. The summed E-state index contributed by atoms with van der Waals surface area (Å²) in [7, 11) is 0. The van der Waals surface area contributed by atoms with Crippen molar-refractivity contribution >= 4 is 0 Å². The first-order valence-electron chi connectivity index (χ1n) is 9.45. The van der Waals surface area contributed by atoms with Gasteiger partial charge in [0, 0.05) is 5.92 Å². The average Bonchev–Trinajstić information content (AvgIpc) is 2.48. The molecule has 3 unspecified atom stereocenters. The minimum Gasteiger partial charge on any atom is -0.508 e. The highest BCUT2D eigenvalue weighted by Crippen LogP contribution is 2.49. The molecule has 0 aromatic rings. The van der Waals surface area contributed by atoms with Gasteiger partial charge in [0.05, 0.1) is 5.60 Å². The molecule has 3 atom stereocenters. The number of ether oxygens (including phenoxy) is 1. The van der Waals surface area contributed by atoms with Crippen LogP contribution in [0.1, 0.15) is 72.6 Å². The molecule has 3 aliphatic rings. The lowest BCUT2D eigenvalue weighted by atomic mass is 9.67. The van der Waals surface area contributed by atoms with Crippen molar-refractivity contribution in [2.45, 2.75) is 84.3 Å². The van der Waals surface area contributed by atoms with E-state index in [0.717, 1.165) is 30.8 Å². The van der Waals surface area contributed by atoms with Gasteiger partial charge in [0.25, 0.3) is 0 Å². The highest BCUT2D eigenvalue weighted by atomic mass is 16.5. The average molecular weight is 316 g/mol. The van der Waals surface area contributed by atoms with Crippen LogP contribution in [0.3, 0.4) is 0 Å². The summed E-state index contributed by atoms with van der Waals surface area (Å²) in [5.74, 6) is 1.72. The highest BCUT2D eigenvalue weighted by Gasteiger charge is 2.44. The van der Waals surface area contributed by atoms with Gasteiger partial charge in [0.15, 0.2) is 0 Å². The van der Waals surface area contributed by atoms with E-state index in [1.54, 1.807) is 5.57 Å². The zero-order chi connectivity index (χ0) is 16.6. The van der Waals surface area contributed by atoms with E-state index in [-0.39, 0.29) is 11.7 Å². The van der Waals surface area contributed by atoms with Crippen molar-refractivity contribution in [1.82, 2.24) is 0 Å². The van der Waals surface area contributed by atoms with E-state index in [9.17, 15) is 5.11 Å². The first-order valence-corrected chi connectivity index (χ1v) is 9.45. The quantitative estimate of drug-likeness (QED) is 0.658. The van der Waals surface area contributed by atoms with Crippen LogP contribution in [0.15, 0.2) is 34.6 Å². The second-order valence-corrected chi connectivity index (χ2v) is 8.24. The van der Waals surface area contributed by atoms with Gasteiger partial charge >= 0.3 is 0 Å². The predicted octanol–water partition coefficient (Wildman–Crippen LogP) is 5.86. The molecular formula is C21H32O2. The molecule has 0 saturated heterocycles. The molecule has 0 spiro atoms. The summed E-state index contributed by atoms with van der Waals surface area (Å²) in [4.78, 5) is 0. The lowest BCUT2D eigenvalue weighted by molar-refractivity contribution is -0.0875. The Morgan fingerprint density at radius 2 is 2.04 bits per heavy atom. The molecule has 2 heteroatoms. The molecule has 1 fully saturated rings. The number of hydrogen-bond donors (Lipinski definition) is 1. The third-order valence-electron chi connectivity index (χ3n) is 5.91. The summed E-state index contributed by atoms with van der Waals surface area (Å²) in [6, 6.07) is 0. The summed E-state index contributed by atoms with van der Waals surface area (Å²) in [5.41, 5.74) is 3.76. The molecule has 3 rings (SSSR count). The van der Waals surface area contributed by atoms with Crippen molar-refractivity contribution < 1.29 is 9.84 Å². The van der Waals surface area contributed by atoms with Gasteiger partial charge < -0.3 is 9.84 Å². The van der Waals surface area contributed by atoms with Crippen molar-refractivity contribution in [3.8, 4) is 0 Å². The van der Waals surface area contributed by atoms with Crippen LogP contribution in [0.4, 0.5) is 0 Å². The Hall–Kier alpha value is -1.02. The number of unbranched alkanes of at least 4 members (excludes halogenated alkanes) is 2. The van der Waals surface area contributed by atoms with E-state index in [1.165, 1.54) is 31.3 Å². The Kier molecular flexibility index (Phi) is 4.73. The Morgan fingerprint density at radius 1 is 1.26 bits per heavy atom. The zero-order valence-electron chi connectivity index (χ0n) is 15.2. The van der Waals surface area contributed by atoms with Crippen LogP contribution in [-0.2, 0) is 4.74 Å². The minimum atomic E-state index is -0.102. The second kappa shape index (κ2) is 6.47. The number of aliphatic hydroxyl groups is 1. The molecule has 0 aromatic heterocycles. The zero-order valence-corrected chi connectivity index (χ0v) is 15.2. The van der Waals surface area contributed by atoms with E-state index in [1.807, 2.05) is 6.08 Å². The van der Waals surface area contributed by atoms with Crippen molar-refractivity contribution in [3.05, 3.63) is 34.6 Å². The van der Waals surface area contributed by atoms with Crippen LogP contribution in [0.25, 0.3) is 0 Å². The highest BCUT2D eigenvalue weighted by molar-refractivity contribution is 5.48. The fourth-order valence-electron chi connectivity index (χ4n) is 4.57. The fourth-order valence-corrected chi connectivity index (χ4v) is 4.57. The maximum atomic E-state index is 10.5. The van der Waals surface area contributed by atoms with E-state index in [4.69, 9.17) is 4.74 Å². The van der Waals surface area contributed by atoms with Gasteiger partial charge in [-0.25, -0.2) is 0 Å². The van der Waals surface area contributed by atoms with Gasteiger partial charge in [-0.05, 0) is 75.2 Å². The van der Waals surface area contributed by atoms with Crippen LogP contribution in [0, 0.1) is 11.8 Å². The summed E-state index contributed by atoms with van der Waals surface area (Å²) >= 11 is 0. The Labute approximate surface area is 141 Å². The predicted molar refractivity (Wildman–Crippen MR) is 95.4 cm³/mol. The second-order valence-electron chi connectivity index (χ2n) is 8.24. The molecule has 0 radical (unpaired) electrons. The molecule has 128 valence electrons. The molecule has 1 saturated carbocycles. The minimum absolute atomic E-state index is 0.0362. The molecule has 1 N–H and O–H groups in total. The normalized spacial score (nSPS) is 32.8. The van der Waals surface area contributed by atoms with E-state index >= 15 is 0 Å². The third kappa shape index (κ3) is 3.28. The summed E-state index contributed by atoms with van der Waals surface area (Å²) in [6.07, 6.45) is 12.4. The van der Waals surface area contributed by atoms with Crippen molar-refractivity contribution in [1.29, 1.82) is 0 Å². The van der Waals surface area contributed by atoms with Gasteiger partial charge in [-0.3, -0.25) is 0 Å². The maximum absolute atomic E-state index is 10.5. The Balaban J connectivity index is 1.91. The van der Waals surface area contributed by atoms with Crippen LogP contribution >= 0.6 is 0 Å². The molecule has 23 heavy (non-hydrogen) atoms. The van der Waals surface area contributed by atoms with Crippen molar-refractivity contribution in [2.75, 3.05) is 0 Å². The monoisotopic (exact) mass is 316 g/mol. The van der Waals surface area contributed by atoms with E-state index in [2.05, 4.69) is 33.8 Å². The number of aliphatic hydroxyl groups excluding tert-OH is 1. The Morgan fingerprint density at radius 3 is 2.78 bits per heavy atom. The van der Waals surface area contributed by atoms with Crippen molar-refractivity contribution in [3.63, 3.8) is 0 Å². The standard InChI is InChI=1S/C21H32O2/c1-5-6-7-8-15-12-20-17(13-19(15)22)16-11-14(2)9-10-18(16)21(3,4)23-20/h12-14,18,20,22H,5-11H2,1-4H3. The first-order chi connectivity index (χ1) is 10.9. The van der Waals surface area contributed by atoms with E-state index < -0.39 is 0 Å². The lowest BCUT2D eigenvalue weighted by Gasteiger charge is -2.48. The molecule has 1 aliphatic heterocycles. The van der Waals surface area contributed by atoms with Crippen molar-refractivity contribution in [2.24, 2.45) is 11.8 Å². The largest absolute Gasteiger partial charge is 0.508 e. The molecule has 0 amide bonds. The van der Waals surface area contributed by atoms with Crippen LogP contribution in [0.2, 0.25) is 0 Å². The van der Waals surface area contributed by atoms with E-state index in [0.29, 0.717) is 11.7 Å². The smallest absolute Gasteiger partial charge is 0.118 e. The molecule has 1 heterocycles. The number of hydrogen-bond acceptors (Lipinski definition) is 2. The molecule has 0 bridgehead atoms.